The monoisotopic (exact) mass is 324 g/mol. The van der Waals surface area contributed by atoms with Gasteiger partial charge in [-0.1, -0.05) is 91.0 Å². The summed E-state index contributed by atoms with van der Waals surface area (Å²) in [6.07, 6.45) is 1.70. The van der Waals surface area contributed by atoms with Gasteiger partial charge < -0.3 is 5.32 Å². The molecule has 1 radical (unpaired) electrons. The molecule has 2 N–H and O–H groups in total. The van der Waals surface area contributed by atoms with Gasteiger partial charge in [0.15, 0.2) is 5.82 Å². The summed E-state index contributed by atoms with van der Waals surface area (Å²) >= 11 is 0. The molecule has 0 aliphatic carbocycles. The van der Waals surface area contributed by atoms with E-state index in [0.717, 1.165) is 16.7 Å². The van der Waals surface area contributed by atoms with Crippen molar-refractivity contribution in [2.45, 2.75) is 5.54 Å². The Labute approximate surface area is 147 Å². The molecule has 0 saturated carbocycles. The third-order valence-corrected chi connectivity index (χ3v) is 4.38. The predicted octanol–water partition coefficient (Wildman–Crippen LogP) is 4.61. The van der Waals surface area contributed by atoms with Crippen LogP contribution < -0.4 is 5.32 Å². The Hall–Kier alpha value is -3.33. The summed E-state index contributed by atoms with van der Waals surface area (Å²) in [6.45, 7) is 0. The molecule has 121 valence electrons. The van der Waals surface area contributed by atoms with Gasteiger partial charge in [-0.15, -0.1) is 0 Å². The smallest absolute Gasteiger partial charge is 0.157 e. The molecule has 0 atom stereocenters. The zero-order chi connectivity index (χ0) is 17.0. The maximum atomic E-state index is 4.29. The van der Waals surface area contributed by atoms with Crippen molar-refractivity contribution in [3.63, 3.8) is 0 Å². The lowest BCUT2D eigenvalue weighted by molar-refractivity contribution is 0.705. The Morgan fingerprint density at radius 3 is 1.48 bits per heavy atom. The van der Waals surface area contributed by atoms with Crippen LogP contribution in [0.15, 0.2) is 97.2 Å². The first-order valence-electron chi connectivity index (χ1n) is 8.26. The van der Waals surface area contributed by atoms with E-state index >= 15 is 0 Å². The lowest BCUT2D eigenvalue weighted by atomic mass is 9.77. The number of rotatable bonds is 5. The Kier molecular flexibility index (Phi) is 4.05. The van der Waals surface area contributed by atoms with Gasteiger partial charge in [0.25, 0.3) is 0 Å². The molecule has 1 heterocycles. The lowest BCUT2D eigenvalue weighted by Gasteiger charge is -2.36. The normalized spacial score (nSPS) is 11.2. The first-order valence-corrected chi connectivity index (χ1v) is 8.26. The minimum Gasteiger partial charge on any atom is -0.351 e. The average molecular weight is 324 g/mol. The number of anilines is 1. The van der Waals surface area contributed by atoms with Gasteiger partial charge in [0, 0.05) is 12.3 Å². The van der Waals surface area contributed by atoms with Crippen LogP contribution in [0.2, 0.25) is 0 Å². The van der Waals surface area contributed by atoms with Crippen molar-refractivity contribution in [1.82, 2.24) is 10.2 Å². The van der Waals surface area contributed by atoms with Crippen LogP contribution in [0.1, 0.15) is 16.7 Å². The van der Waals surface area contributed by atoms with Crippen molar-refractivity contribution >= 4 is 5.82 Å². The molecule has 1 aromatic heterocycles. The summed E-state index contributed by atoms with van der Waals surface area (Å²) in [5.74, 6) is 0.677. The Morgan fingerprint density at radius 2 is 1.12 bits per heavy atom. The summed E-state index contributed by atoms with van der Waals surface area (Å²) in [5, 5.41) is 10.7. The third-order valence-electron chi connectivity index (χ3n) is 4.38. The highest BCUT2D eigenvalue weighted by molar-refractivity contribution is 5.57. The molecular formula is C22H18N3. The number of hydrogen-bond donors (Lipinski definition) is 2. The van der Waals surface area contributed by atoms with E-state index in [1.165, 1.54) is 0 Å². The van der Waals surface area contributed by atoms with Crippen LogP contribution in [-0.2, 0) is 5.54 Å². The molecule has 0 saturated heterocycles. The highest BCUT2D eigenvalue weighted by Crippen LogP contribution is 2.39. The first kappa shape index (κ1) is 15.2. The van der Waals surface area contributed by atoms with E-state index in [9.17, 15) is 0 Å². The van der Waals surface area contributed by atoms with Gasteiger partial charge >= 0.3 is 0 Å². The van der Waals surface area contributed by atoms with Crippen LogP contribution in [-0.4, -0.2) is 10.2 Å². The largest absolute Gasteiger partial charge is 0.351 e. The molecule has 0 unspecified atom stereocenters. The fourth-order valence-electron chi connectivity index (χ4n) is 3.25. The molecule has 0 fully saturated rings. The highest BCUT2D eigenvalue weighted by atomic mass is 15.2. The second-order valence-corrected chi connectivity index (χ2v) is 5.85. The third kappa shape index (κ3) is 2.81. The zero-order valence-electron chi connectivity index (χ0n) is 13.7. The van der Waals surface area contributed by atoms with E-state index in [1.807, 2.05) is 18.2 Å². The Bertz CT molecular complexity index is 805. The summed E-state index contributed by atoms with van der Waals surface area (Å²) < 4.78 is 0. The van der Waals surface area contributed by atoms with Gasteiger partial charge in [0.1, 0.15) is 5.54 Å². The van der Waals surface area contributed by atoms with Crippen LogP contribution in [0, 0.1) is 6.07 Å². The van der Waals surface area contributed by atoms with E-state index in [1.54, 1.807) is 6.20 Å². The number of benzene rings is 3. The van der Waals surface area contributed by atoms with Gasteiger partial charge in [-0.25, -0.2) is 0 Å². The molecule has 3 heteroatoms. The number of hydrogen-bond acceptors (Lipinski definition) is 2. The summed E-state index contributed by atoms with van der Waals surface area (Å²) in [7, 11) is 0. The van der Waals surface area contributed by atoms with Crippen molar-refractivity contribution in [1.29, 1.82) is 0 Å². The fraction of sp³-hybridized carbons (Fsp3) is 0.0455. The number of nitrogens with one attached hydrogen (secondary N) is 2. The van der Waals surface area contributed by atoms with Crippen LogP contribution >= 0.6 is 0 Å². The Balaban J connectivity index is 2.01. The van der Waals surface area contributed by atoms with Crippen LogP contribution in [0.25, 0.3) is 0 Å². The zero-order valence-corrected chi connectivity index (χ0v) is 13.7. The molecule has 0 bridgehead atoms. The highest BCUT2D eigenvalue weighted by Gasteiger charge is 2.36. The fourth-order valence-corrected chi connectivity index (χ4v) is 3.25. The molecule has 0 aliphatic rings. The molecule has 0 aliphatic heterocycles. The maximum Gasteiger partial charge on any atom is 0.157 e. The second-order valence-electron chi connectivity index (χ2n) is 5.85. The van der Waals surface area contributed by atoms with Gasteiger partial charge in [-0.3, -0.25) is 5.10 Å². The lowest BCUT2D eigenvalue weighted by Crippen LogP contribution is -2.38. The minimum atomic E-state index is -0.560. The van der Waals surface area contributed by atoms with E-state index < -0.39 is 5.54 Å². The number of aromatic amines is 1. The van der Waals surface area contributed by atoms with Crippen LogP contribution in [0.4, 0.5) is 5.82 Å². The van der Waals surface area contributed by atoms with Crippen molar-refractivity contribution in [3.8, 4) is 0 Å². The van der Waals surface area contributed by atoms with E-state index in [4.69, 9.17) is 0 Å². The average Bonchev–Trinajstić information content (AvgIpc) is 3.21. The van der Waals surface area contributed by atoms with E-state index in [-0.39, 0.29) is 0 Å². The van der Waals surface area contributed by atoms with Crippen LogP contribution in [0.3, 0.4) is 0 Å². The molecule has 4 rings (SSSR count). The summed E-state index contributed by atoms with van der Waals surface area (Å²) in [6, 6.07) is 34.4. The van der Waals surface area contributed by atoms with Crippen molar-refractivity contribution in [3.05, 3.63) is 120 Å². The minimum absolute atomic E-state index is 0.560. The standard InChI is InChI=1S/C22H18N3/c1-4-10-18(11-5-1)22(19-12-6-2-7-13-19,20-14-8-3-9-15-20)24-21-16-17-23-25-21/h1-15,17H,(H2,23,24,25). The molecule has 0 amide bonds. The van der Waals surface area contributed by atoms with E-state index in [2.05, 4.69) is 94.4 Å². The quantitative estimate of drug-likeness (QED) is 0.526. The van der Waals surface area contributed by atoms with Gasteiger partial charge in [0.05, 0.1) is 0 Å². The summed E-state index contributed by atoms with van der Waals surface area (Å²) in [5.41, 5.74) is 2.87. The van der Waals surface area contributed by atoms with Crippen molar-refractivity contribution < 1.29 is 0 Å². The SMILES string of the molecule is [c]1c[nH]nc1NC(c1ccccc1)(c1ccccc1)c1ccccc1. The van der Waals surface area contributed by atoms with Gasteiger partial charge in [-0.2, -0.15) is 5.10 Å². The topological polar surface area (TPSA) is 40.7 Å². The van der Waals surface area contributed by atoms with E-state index in [0.29, 0.717) is 5.82 Å². The molecule has 3 nitrogen and oxygen atoms in total. The predicted molar refractivity (Wildman–Crippen MR) is 100 cm³/mol. The van der Waals surface area contributed by atoms with Gasteiger partial charge in [-0.05, 0) is 16.7 Å². The number of nitrogens with zero attached hydrogens (tertiary/aromatic N) is 1. The van der Waals surface area contributed by atoms with Crippen LogP contribution in [0.5, 0.6) is 0 Å². The molecule has 4 aromatic rings. The second kappa shape index (κ2) is 6.65. The number of aromatic nitrogens is 2. The first-order chi connectivity index (χ1) is 12.4. The number of H-pyrrole nitrogens is 1. The molecule has 3 aromatic carbocycles. The molecular weight excluding hydrogens is 306 g/mol. The van der Waals surface area contributed by atoms with Crippen molar-refractivity contribution in [2.75, 3.05) is 5.32 Å². The summed E-state index contributed by atoms with van der Waals surface area (Å²) in [4.78, 5) is 0. The van der Waals surface area contributed by atoms with Gasteiger partial charge in [0.2, 0.25) is 0 Å². The maximum absolute atomic E-state index is 4.29. The molecule has 0 spiro atoms. The Morgan fingerprint density at radius 1 is 0.680 bits per heavy atom. The van der Waals surface area contributed by atoms with Crippen molar-refractivity contribution in [2.24, 2.45) is 0 Å². The molecule has 25 heavy (non-hydrogen) atoms.